The van der Waals surface area contributed by atoms with Crippen LogP contribution in [0, 0.1) is 0 Å². The molecule has 0 fully saturated rings. The third kappa shape index (κ3) is 4.43. The summed E-state index contributed by atoms with van der Waals surface area (Å²) in [6, 6.07) is 54.7. The van der Waals surface area contributed by atoms with E-state index in [1.165, 1.54) is 99.5 Å². The van der Waals surface area contributed by atoms with Crippen molar-refractivity contribution in [3.8, 4) is 22.3 Å². The summed E-state index contributed by atoms with van der Waals surface area (Å²) in [7, 11) is 0. The Morgan fingerprint density at radius 3 is 1.51 bits per heavy atom. The summed E-state index contributed by atoms with van der Waals surface area (Å²) in [4.78, 5) is 2.63. The predicted octanol–water partition coefficient (Wildman–Crippen LogP) is 14.5. The van der Waals surface area contributed by atoms with Crippen molar-refractivity contribution in [2.45, 2.75) is 64.7 Å². The summed E-state index contributed by atoms with van der Waals surface area (Å²) in [5.74, 6) is 0. The van der Waals surface area contributed by atoms with Gasteiger partial charge < -0.3 is 4.90 Å². The molecular formula is C52H45N. The van der Waals surface area contributed by atoms with E-state index in [0.29, 0.717) is 0 Å². The number of rotatable bonds is 3. The Morgan fingerprint density at radius 1 is 0.434 bits per heavy atom. The molecule has 0 atom stereocenters. The molecular weight excluding hydrogens is 639 g/mol. The number of hydrogen-bond acceptors (Lipinski definition) is 1. The zero-order valence-electron chi connectivity index (χ0n) is 31.8. The molecule has 0 unspecified atom stereocenters. The van der Waals surface area contributed by atoms with Crippen molar-refractivity contribution in [1.29, 1.82) is 0 Å². The fourth-order valence-electron chi connectivity index (χ4n) is 10.1. The van der Waals surface area contributed by atoms with Crippen LogP contribution in [0.25, 0.3) is 54.6 Å². The molecule has 0 radical (unpaired) electrons. The molecule has 2 aliphatic carbocycles. The van der Waals surface area contributed by atoms with Crippen molar-refractivity contribution < 1.29 is 0 Å². The maximum Gasteiger partial charge on any atom is 0.0556 e. The average Bonchev–Trinajstić information content (AvgIpc) is 3.54. The molecule has 8 aromatic carbocycles. The van der Waals surface area contributed by atoms with Crippen LogP contribution in [0.5, 0.6) is 0 Å². The molecule has 0 amide bonds. The molecule has 0 spiro atoms. The number of hydrogen-bond donors (Lipinski definition) is 0. The van der Waals surface area contributed by atoms with Crippen LogP contribution in [0.2, 0.25) is 0 Å². The second-order valence-corrected chi connectivity index (χ2v) is 17.4. The van der Waals surface area contributed by atoms with E-state index in [9.17, 15) is 0 Å². The fourth-order valence-corrected chi connectivity index (χ4v) is 10.1. The van der Waals surface area contributed by atoms with Crippen LogP contribution < -0.4 is 4.90 Å². The van der Waals surface area contributed by atoms with E-state index in [2.05, 4.69) is 199 Å². The highest BCUT2D eigenvalue weighted by Gasteiger charge is 2.50. The summed E-state index contributed by atoms with van der Waals surface area (Å²) in [5, 5.41) is 7.58. The Bertz CT molecular complexity index is 2740. The van der Waals surface area contributed by atoms with Gasteiger partial charge in [0.05, 0.1) is 5.69 Å². The van der Waals surface area contributed by atoms with E-state index in [4.69, 9.17) is 0 Å². The molecule has 0 aromatic heterocycles. The maximum atomic E-state index is 2.63. The molecule has 8 aromatic rings. The average molecular weight is 684 g/mol. The highest BCUT2D eigenvalue weighted by atomic mass is 15.2. The van der Waals surface area contributed by atoms with Gasteiger partial charge in [-0.25, -0.2) is 0 Å². The van der Waals surface area contributed by atoms with Crippen LogP contribution in [0.15, 0.2) is 146 Å². The van der Waals surface area contributed by atoms with E-state index in [0.717, 1.165) is 0 Å². The van der Waals surface area contributed by atoms with E-state index >= 15 is 0 Å². The second kappa shape index (κ2) is 10.9. The van der Waals surface area contributed by atoms with Gasteiger partial charge in [-0.1, -0.05) is 170 Å². The van der Waals surface area contributed by atoms with Crippen molar-refractivity contribution in [3.05, 3.63) is 173 Å². The molecule has 258 valence electrons. The van der Waals surface area contributed by atoms with Crippen molar-refractivity contribution in [2.75, 3.05) is 4.90 Å². The highest BCUT2D eigenvalue weighted by molar-refractivity contribution is 6.10. The van der Waals surface area contributed by atoms with Crippen LogP contribution in [-0.2, 0) is 16.2 Å². The van der Waals surface area contributed by atoms with Crippen molar-refractivity contribution >= 4 is 49.4 Å². The molecule has 0 heterocycles. The summed E-state index contributed by atoms with van der Waals surface area (Å²) >= 11 is 0. The van der Waals surface area contributed by atoms with Crippen molar-refractivity contribution in [3.63, 3.8) is 0 Å². The van der Waals surface area contributed by atoms with Crippen molar-refractivity contribution in [1.82, 2.24) is 0 Å². The van der Waals surface area contributed by atoms with Gasteiger partial charge in [0.1, 0.15) is 0 Å². The van der Waals surface area contributed by atoms with E-state index in [1.807, 2.05) is 0 Å². The topological polar surface area (TPSA) is 3.24 Å². The monoisotopic (exact) mass is 683 g/mol. The Labute approximate surface area is 313 Å². The van der Waals surface area contributed by atoms with E-state index < -0.39 is 0 Å². The molecule has 1 nitrogen and oxygen atoms in total. The van der Waals surface area contributed by atoms with Gasteiger partial charge in [0.2, 0.25) is 0 Å². The van der Waals surface area contributed by atoms with Gasteiger partial charge in [0.25, 0.3) is 0 Å². The molecule has 10 rings (SSSR count). The van der Waals surface area contributed by atoms with E-state index in [1.54, 1.807) is 0 Å². The highest BCUT2D eigenvalue weighted by Crippen LogP contribution is 2.65. The molecule has 0 saturated heterocycles. The SMILES string of the molecule is CC(C)(C)c1c2c(c(N(c3ccc4ccccc4c3)c3ccc4c(ccc5ccccc54)c3)c3c1-c1ccccc1C3(C)C)C(C)(C)c1ccccc1-2. The number of benzene rings is 8. The standard InChI is InChI=1S/C52H45N/c1-50(2,3)46-44-40-20-12-14-22-42(40)51(4,5)47(44)49(48-45(46)41-21-13-15-23-43(41)52(48,6)7)53(36-27-26-32-16-8-9-18-34(32)30-36)37-28-29-39-35(31-37)25-24-33-17-10-11-19-38(33)39/h8-31H,1-7H3. The first-order valence-electron chi connectivity index (χ1n) is 19.1. The Hall–Kier alpha value is -5.66. The molecule has 0 N–H and O–H groups in total. The smallest absolute Gasteiger partial charge is 0.0556 e. The normalized spacial score (nSPS) is 15.0. The molecule has 1 heteroatoms. The molecule has 0 bridgehead atoms. The largest absolute Gasteiger partial charge is 0.310 e. The minimum atomic E-state index is -0.247. The molecule has 53 heavy (non-hydrogen) atoms. The lowest BCUT2D eigenvalue weighted by Crippen LogP contribution is -2.27. The molecule has 0 aliphatic heterocycles. The minimum Gasteiger partial charge on any atom is -0.310 e. The lowest BCUT2D eigenvalue weighted by molar-refractivity contribution is 0.587. The lowest BCUT2D eigenvalue weighted by Gasteiger charge is -2.39. The zero-order chi connectivity index (χ0) is 36.4. The van der Waals surface area contributed by atoms with Gasteiger partial charge in [-0.2, -0.15) is 0 Å². The van der Waals surface area contributed by atoms with Gasteiger partial charge in [0, 0.05) is 22.2 Å². The van der Waals surface area contributed by atoms with Gasteiger partial charge in [-0.15, -0.1) is 0 Å². The third-order valence-electron chi connectivity index (χ3n) is 12.4. The second-order valence-electron chi connectivity index (χ2n) is 17.4. The Morgan fingerprint density at radius 2 is 0.887 bits per heavy atom. The fraction of sp³-hybridized carbons (Fsp3) is 0.192. The lowest BCUT2D eigenvalue weighted by atomic mass is 9.70. The number of nitrogens with zero attached hydrogens (tertiary/aromatic N) is 1. The van der Waals surface area contributed by atoms with Gasteiger partial charge >= 0.3 is 0 Å². The quantitative estimate of drug-likeness (QED) is 0.168. The third-order valence-corrected chi connectivity index (χ3v) is 12.4. The van der Waals surface area contributed by atoms with Crippen LogP contribution in [0.3, 0.4) is 0 Å². The Kier molecular flexibility index (Phi) is 6.61. The first-order valence-corrected chi connectivity index (χ1v) is 19.1. The summed E-state index contributed by atoms with van der Waals surface area (Å²) in [5.41, 5.74) is 15.8. The van der Waals surface area contributed by atoms with E-state index in [-0.39, 0.29) is 16.2 Å². The molecule has 2 aliphatic rings. The number of fused-ring (bicyclic) bond motifs is 10. The van der Waals surface area contributed by atoms with Crippen LogP contribution in [0.1, 0.15) is 76.3 Å². The van der Waals surface area contributed by atoms with Crippen LogP contribution in [-0.4, -0.2) is 0 Å². The van der Waals surface area contributed by atoms with Crippen LogP contribution >= 0.6 is 0 Å². The first kappa shape index (κ1) is 32.0. The predicted molar refractivity (Wildman–Crippen MR) is 227 cm³/mol. The zero-order valence-corrected chi connectivity index (χ0v) is 31.8. The van der Waals surface area contributed by atoms with Gasteiger partial charge in [-0.3, -0.25) is 0 Å². The summed E-state index contributed by atoms with van der Waals surface area (Å²) < 4.78 is 0. The maximum absolute atomic E-state index is 2.63. The van der Waals surface area contributed by atoms with Crippen LogP contribution in [0.4, 0.5) is 17.1 Å². The van der Waals surface area contributed by atoms with Gasteiger partial charge in [0.15, 0.2) is 0 Å². The van der Waals surface area contributed by atoms with Crippen molar-refractivity contribution in [2.24, 2.45) is 0 Å². The summed E-state index contributed by atoms with van der Waals surface area (Å²) in [6.45, 7) is 17.1. The van der Waals surface area contributed by atoms with Gasteiger partial charge in [-0.05, 0) is 112 Å². The number of anilines is 3. The molecule has 0 saturated carbocycles. The Balaban J connectivity index is 1.41. The minimum absolute atomic E-state index is 0.106. The summed E-state index contributed by atoms with van der Waals surface area (Å²) in [6.07, 6.45) is 0. The first-order chi connectivity index (χ1) is 25.5.